The Hall–Kier alpha value is -1.24. The van der Waals surface area contributed by atoms with Gasteiger partial charge in [0, 0.05) is 18.3 Å². The monoisotopic (exact) mass is 289 g/mol. The van der Waals surface area contributed by atoms with Crippen LogP contribution in [0.2, 0.25) is 0 Å². The average Bonchev–Trinajstić information content (AvgIpc) is 2.45. The van der Waals surface area contributed by atoms with Crippen LogP contribution in [0.1, 0.15) is 67.2 Å². The highest BCUT2D eigenvalue weighted by atomic mass is 15.2. The first-order chi connectivity index (χ1) is 9.73. The van der Waals surface area contributed by atoms with Crippen molar-refractivity contribution in [2.24, 2.45) is 0 Å². The SMILES string of the molecule is C=C(C)C(=C)/C=C\C(C)=C(/CC)N(C)C(C)(CC)CCC. The van der Waals surface area contributed by atoms with Gasteiger partial charge in [0.2, 0.25) is 0 Å². The van der Waals surface area contributed by atoms with Crippen molar-refractivity contribution in [3.8, 4) is 0 Å². The molecule has 0 rings (SSSR count). The Bertz CT molecular complexity index is 425. The first kappa shape index (κ1) is 19.8. The summed E-state index contributed by atoms with van der Waals surface area (Å²) in [6.07, 6.45) is 8.90. The van der Waals surface area contributed by atoms with Crippen LogP contribution in [-0.4, -0.2) is 17.5 Å². The smallest absolute Gasteiger partial charge is 0.0365 e. The molecule has 0 aliphatic rings. The topological polar surface area (TPSA) is 3.24 Å². The van der Waals surface area contributed by atoms with E-state index in [1.807, 2.05) is 6.92 Å². The Balaban J connectivity index is 5.41. The molecule has 1 nitrogen and oxygen atoms in total. The van der Waals surface area contributed by atoms with Crippen molar-refractivity contribution in [3.63, 3.8) is 0 Å². The predicted octanol–water partition coefficient (Wildman–Crippen LogP) is 6.26. The summed E-state index contributed by atoms with van der Waals surface area (Å²) in [6.45, 7) is 21.3. The van der Waals surface area contributed by atoms with E-state index >= 15 is 0 Å². The van der Waals surface area contributed by atoms with Crippen molar-refractivity contribution in [2.45, 2.75) is 72.8 Å². The standard InChI is InChI=1S/C20H35N/c1-10-15-20(8,12-3)21(9)19(11-2)18(7)14-13-17(6)16(4)5/h13-14H,4,6,10-12,15H2,1-3,5,7-9H3/b14-13-,19-18+. The van der Waals surface area contributed by atoms with Crippen LogP contribution in [0.25, 0.3) is 0 Å². The van der Waals surface area contributed by atoms with Crippen LogP contribution in [0.4, 0.5) is 0 Å². The normalized spacial score (nSPS) is 15.6. The Labute approximate surface area is 133 Å². The van der Waals surface area contributed by atoms with E-state index in [0.29, 0.717) is 0 Å². The van der Waals surface area contributed by atoms with Gasteiger partial charge in [-0.1, -0.05) is 58.1 Å². The zero-order chi connectivity index (χ0) is 16.6. The van der Waals surface area contributed by atoms with Gasteiger partial charge in [0.15, 0.2) is 0 Å². The molecule has 0 aromatic heterocycles. The molecule has 120 valence electrons. The van der Waals surface area contributed by atoms with Gasteiger partial charge in [-0.3, -0.25) is 0 Å². The Morgan fingerprint density at radius 3 is 2.05 bits per heavy atom. The second-order valence-corrected chi connectivity index (χ2v) is 6.28. The summed E-state index contributed by atoms with van der Waals surface area (Å²) in [5.41, 5.74) is 4.99. The second-order valence-electron chi connectivity index (χ2n) is 6.28. The lowest BCUT2D eigenvalue weighted by molar-refractivity contribution is 0.156. The van der Waals surface area contributed by atoms with Crippen molar-refractivity contribution < 1.29 is 0 Å². The molecule has 0 heterocycles. The highest BCUT2D eigenvalue weighted by Gasteiger charge is 2.27. The van der Waals surface area contributed by atoms with E-state index in [2.05, 4.69) is 71.9 Å². The second kappa shape index (κ2) is 8.92. The third-order valence-electron chi connectivity index (χ3n) is 4.64. The van der Waals surface area contributed by atoms with Crippen LogP contribution in [0, 0.1) is 0 Å². The van der Waals surface area contributed by atoms with Crippen molar-refractivity contribution in [1.29, 1.82) is 0 Å². The molecule has 1 heteroatoms. The summed E-state index contributed by atoms with van der Waals surface area (Å²) >= 11 is 0. The number of allylic oxidation sites excluding steroid dienone is 6. The predicted molar refractivity (Wildman–Crippen MR) is 97.5 cm³/mol. The van der Waals surface area contributed by atoms with Gasteiger partial charge in [0.25, 0.3) is 0 Å². The maximum atomic E-state index is 4.03. The first-order valence-electron chi connectivity index (χ1n) is 8.19. The molecular formula is C20H35N. The van der Waals surface area contributed by atoms with Gasteiger partial charge in [-0.25, -0.2) is 0 Å². The van der Waals surface area contributed by atoms with Gasteiger partial charge < -0.3 is 4.90 Å². The molecule has 1 atom stereocenters. The molecule has 0 spiro atoms. The summed E-state index contributed by atoms with van der Waals surface area (Å²) in [7, 11) is 2.24. The molecule has 0 aliphatic heterocycles. The van der Waals surface area contributed by atoms with E-state index in [1.165, 1.54) is 24.1 Å². The maximum Gasteiger partial charge on any atom is 0.0365 e. The fourth-order valence-corrected chi connectivity index (χ4v) is 2.69. The minimum absolute atomic E-state index is 0.237. The van der Waals surface area contributed by atoms with Crippen LogP contribution in [-0.2, 0) is 0 Å². The van der Waals surface area contributed by atoms with Gasteiger partial charge in [-0.15, -0.1) is 0 Å². The van der Waals surface area contributed by atoms with Crippen LogP contribution >= 0.6 is 0 Å². The first-order valence-corrected chi connectivity index (χ1v) is 8.19. The quantitative estimate of drug-likeness (QED) is 0.453. The molecule has 21 heavy (non-hydrogen) atoms. The molecule has 0 saturated carbocycles. The largest absolute Gasteiger partial charge is 0.372 e. The lowest BCUT2D eigenvalue weighted by Gasteiger charge is -2.42. The summed E-state index contributed by atoms with van der Waals surface area (Å²) < 4.78 is 0. The molecule has 0 fully saturated rings. The van der Waals surface area contributed by atoms with Gasteiger partial charge in [-0.05, 0) is 51.2 Å². The average molecular weight is 290 g/mol. The summed E-state index contributed by atoms with van der Waals surface area (Å²) in [5, 5.41) is 0. The van der Waals surface area contributed by atoms with Crippen LogP contribution < -0.4 is 0 Å². The molecule has 1 unspecified atom stereocenters. The molecule has 0 aliphatic carbocycles. The lowest BCUT2D eigenvalue weighted by Crippen LogP contribution is -2.42. The van der Waals surface area contributed by atoms with Gasteiger partial charge in [0.1, 0.15) is 0 Å². The lowest BCUT2D eigenvalue weighted by atomic mass is 9.90. The number of nitrogens with zero attached hydrogens (tertiary/aromatic N) is 1. The van der Waals surface area contributed by atoms with Crippen molar-refractivity contribution in [3.05, 3.63) is 47.7 Å². The van der Waals surface area contributed by atoms with E-state index in [-0.39, 0.29) is 5.54 Å². The molecule has 0 aromatic carbocycles. The Kier molecular flexibility index (Phi) is 8.39. The van der Waals surface area contributed by atoms with E-state index in [0.717, 1.165) is 24.0 Å². The van der Waals surface area contributed by atoms with E-state index in [4.69, 9.17) is 0 Å². The zero-order valence-electron chi connectivity index (χ0n) is 15.3. The van der Waals surface area contributed by atoms with Crippen molar-refractivity contribution in [2.75, 3.05) is 7.05 Å². The number of hydrogen-bond donors (Lipinski definition) is 0. The maximum absolute atomic E-state index is 4.03. The third-order valence-corrected chi connectivity index (χ3v) is 4.64. The zero-order valence-corrected chi connectivity index (χ0v) is 15.3. The number of hydrogen-bond acceptors (Lipinski definition) is 1. The highest BCUT2D eigenvalue weighted by Crippen LogP contribution is 2.30. The van der Waals surface area contributed by atoms with E-state index in [9.17, 15) is 0 Å². The Morgan fingerprint density at radius 2 is 1.67 bits per heavy atom. The fraction of sp³-hybridized carbons (Fsp3) is 0.600. The van der Waals surface area contributed by atoms with Gasteiger partial charge >= 0.3 is 0 Å². The summed E-state index contributed by atoms with van der Waals surface area (Å²) in [4.78, 5) is 2.49. The Morgan fingerprint density at radius 1 is 1.10 bits per heavy atom. The summed E-state index contributed by atoms with van der Waals surface area (Å²) in [5.74, 6) is 0. The molecular weight excluding hydrogens is 254 g/mol. The van der Waals surface area contributed by atoms with Crippen LogP contribution in [0.15, 0.2) is 47.7 Å². The minimum atomic E-state index is 0.237. The molecule has 0 radical (unpaired) electrons. The molecule has 0 aromatic rings. The van der Waals surface area contributed by atoms with Crippen molar-refractivity contribution in [1.82, 2.24) is 4.90 Å². The van der Waals surface area contributed by atoms with E-state index < -0.39 is 0 Å². The van der Waals surface area contributed by atoms with Crippen LogP contribution in [0.5, 0.6) is 0 Å². The molecule has 0 amide bonds. The molecule has 0 bridgehead atoms. The number of rotatable bonds is 9. The van der Waals surface area contributed by atoms with Crippen LogP contribution in [0.3, 0.4) is 0 Å². The fourth-order valence-electron chi connectivity index (χ4n) is 2.69. The minimum Gasteiger partial charge on any atom is -0.372 e. The van der Waals surface area contributed by atoms with E-state index in [1.54, 1.807) is 0 Å². The highest BCUT2D eigenvalue weighted by molar-refractivity contribution is 5.37. The van der Waals surface area contributed by atoms with Crippen molar-refractivity contribution >= 4 is 0 Å². The van der Waals surface area contributed by atoms with Gasteiger partial charge in [0.05, 0.1) is 0 Å². The molecule has 0 saturated heterocycles. The third kappa shape index (κ3) is 5.57. The van der Waals surface area contributed by atoms with Gasteiger partial charge in [-0.2, -0.15) is 0 Å². The molecule has 0 N–H and O–H groups in total. The summed E-state index contributed by atoms with van der Waals surface area (Å²) in [6, 6.07) is 0.